The van der Waals surface area contributed by atoms with E-state index in [1.54, 1.807) is 7.05 Å². The fraction of sp³-hybridized carbons (Fsp3) is 0.900. The summed E-state index contributed by atoms with van der Waals surface area (Å²) in [6.45, 7) is 6.27. The molecule has 0 aromatic heterocycles. The maximum Gasteiger partial charge on any atom is 0.191 e. The van der Waals surface area contributed by atoms with Crippen molar-refractivity contribution in [3.8, 4) is 0 Å². The molecule has 0 unspecified atom stereocenters. The molecule has 0 aliphatic rings. The number of nitrogens with one attached hydrogen (secondary N) is 2. The van der Waals surface area contributed by atoms with E-state index in [-0.39, 0.29) is 24.0 Å². The van der Waals surface area contributed by atoms with E-state index in [0.717, 1.165) is 25.5 Å². The molecule has 0 aromatic rings. The largest absolute Gasteiger partial charge is 0.356 e. The Morgan fingerprint density at radius 3 is 2.33 bits per heavy atom. The third-order valence-electron chi connectivity index (χ3n) is 1.72. The lowest BCUT2D eigenvalue weighted by atomic mass is 10.4. The van der Waals surface area contributed by atoms with Crippen molar-refractivity contribution >= 4 is 29.9 Å². The van der Waals surface area contributed by atoms with Gasteiger partial charge in [-0.25, -0.2) is 0 Å². The van der Waals surface area contributed by atoms with Gasteiger partial charge in [-0.1, -0.05) is 0 Å². The van der Waals surface area contributed by atoms with Crippen LogP contribution in [0.4, 0.5) is 0 Å². The molecule has 0 atom stereocenters. The van der Waals surface area contributed by atoms with Crippen LogP contribution in [0.3, 0.4) is 0 Å². The van der Waals surface area contributed by atoms with Crippen LogP contribution >= 0.6 is 24.0 Å². The van der Waals surface area contributed by atoms with Crippen LogP contribution in [0.15, 0.2) is 4.99 Å². The average Bonchev–Trinajstić information content (AvgIpc) is 2.09. The zero-order chi connectivity index (χ0) is 11.0. The van der Waals surface area contributed by atoms with E-state index >= 15 is 0 Å². The van der Waals surface area contributed by atoms with Crippen LogP contribution in [-0.4, -0.2) is 51.1 Å². The van der Waals surface area contributed by atoms with Gasteiger partial charge in [-0.3, -0.25) is 4.99 Å². The van der Waals surface area contributed by atoms with Crippen LogP contribution in [0.25, 0.3) is 0 Å². The number of aliphatic imine (C=N–C) groups is 1. The molecule has 0 amide bonds. The Kier molecular flexibility index (Phi) is 12.1. The van der Waals surface area contributed by atoms with Gasteiger partial charge in [0.2, 0.25) is 0 Å². The Bertz CT molecular complexity index is 169. The maximum atomic E-state index is 4.13. The molecule has 2 N–H and O–H groups in total. The third kappa shape index (κ3) is 11.9. The van der Waals surface area contributed by atoms with Gasteiger partial charge >= 0.3 is 0 Å². The first-order valence-corrected chi connectivity index (χ1v) is 5.18. The molecule has 0 heterocycles. The Hall–Kier alpha value is -0.0400. The van der Waals surface area contributed by atoms with Gasteiger partial charge in [0.05, 0.1) is 0 Å². The molecule has 0 saturated carbocycles. The predicted octanol–water partition coefficient (Wildman–Crippen LogP) is 1.13. The van der Waals surface area contributed by atoms with Gasteiger partial charge in [0.15, 0.2) is 5.96 Å². The van der Waals surface area contributed by atoms with Gasteiger partial charge in [-0.15, -0.1) is 24.0 Å². The normalized spacial score (nSPS) is 11.5. The van der Waals surface area contributed by atoms with Gasteiger partial charge in [0.1, 0.15) is 0 Å². The van der Waals surface area contributed by atoms with Crippen molar-refractivity contribution in [3.05, 3.63) is 0 Å². The fourth-order valence-electron chi connectivity index (χ4n) is 1.07. The van der Waals surface area contributed by atoms with E-state index in [2.05, 4.69) is 48.5 Å². The van der Waals surface area contributed by atoms with E-state index in [0.29, 0.717) is 6.04 Å². The van der Waals surface area contributed by atoms with Crippen molar-refractivity contribution in [2.45, 2.75) is 26.3 Å². The highest BCUT2D eigenvalue weighted by Crippen LogP contribution is 1.82. The topological polar surface area (TPSA) is 39.7 Å². The molecule has 0 aliphatic heterocycles. The van der Waals surface area contributed by atoms with Gasteiger partial charge < -0.3 is 15.5 Å². The number of halogens is 1. The average molecular weight is 328 g/mol. The van der Waals surface area contributed by atoms with Crippen LogP contribution in [-0.2, 0) is 0 Å². The molecule has 15 heavy (non-hydrogen) atoms. The molecule has 4 nitrogen and oxygen atoms in total. The summed E-state index contributed by atoms with van der Waals surface area (Å²) in [6, 6.07) is 0.426. The van der Waals surface area contributed by atoms with Crippen LogP contribution < -0.4 is 10.6 Å². The van der Waals surface area contributed by atoms with Crippen molar-refractivity contribution in [2.24, 2.45) is 4.99 Å². The van der Waals surface area contributed by atoms with Gasteiger partial charge in [0, 0.05) is 19.6 Å². The molecule has 0 aliphatic carbocycles. The Balaban J connectivity index is 0. The smallest absolute Gasteiger partial charge is 0.191 e. The standard InChI is InChI=1S/C10H24N4.HI/c1-9(2)13-10(11-3)12-7-6-8-14(4)5;/h9H,6-8H2,1-5H3,(H2,11,12,13);1H. The van der Waals surface area contributed by atoms with Crippen molar-refractivity contribution in [1.29, 1.82) is 0 Å². The third-order valence-corrected chi connectivity index (χ3v) is 1.72. The van der Waals surface area contributed by atoms with E-state index in [4.69, 9.17) is 0 Å². The van der Waals surface area contributed by atoms with Gasteiger partial charge in [-0.05, 0) is 40.9 Å². The highest BCUT2D eigenvalue weighted by molar-refractivity contribution is 14.0. The lowest BCUT2D eigenvalue weighted by Crippen LogP contribution is -2.41. The number of guanidine groups is 1. The van der Waals surface area contributed by atoms with Crippen molar-refractivity contribution in [2.75, 3.05) is 34.2 Å². The number of rotatable bonds is 5. The van der Waals surface area contributed by atoms with Crippen LogP contribution in [0.2, 0.25) is 0 Å². The van der Waals surface area contributed by atoms with E-state index in [1.165, 1.54) is 0 Å². The summed E-state index contributed by atoms with van der Waals surface area (Å²) in [5.41, 5.74) is 0. The molecule has 5 heteroatoms. The lowest BCUT2D eigenvalue weighted by molar-refractivity contribution is 0.399. The summed E-state index contributed by atoms with van der Waals surface area (Å²) in [5, 5.41) is 6.51. The van der Waals surface area contributed by atoms with Crippen LogP contribution in [0.5, 0.6) is 0 Å². The van der Waals surface area contributed by atoms with Crippen molar-refractivity contribution < 1.29 is 0 Å². The second kappa shape index (κ2) is 10.5. The van der Waals surface area contributed by atoms with E-state index < -0.39 is 0 Å². The second-order valence-corrected chi connectivity index (χ2v) is 3.95. The van der Waals surface area contributed by atoms with Crippen LogP contribution in [0, 0.1) is 0 Å². The lowest BCUT2D eigenvalue weighted by Gasteiger charge is -2.15. The predicted molar refractivity (Wildman–Crippen MR) is 78.2 cm³/mol. The van der Waals surface area contributed by atoms with E-state index in [1.807, 2.05) is 0 Å². The highest BCUT2D eigenvalue weighted by atomic mass is 127. The summed E-state index contributed by atoms with van der Waals surface area (Å²) >= 11 is 0. The molecule has 0 saturated heterocycles. The molecule has 0 radical (unpaired) electrons. The zero-order valence-corrected chi connectivity index (χ0v) is 12.8. The molecular weight excluding hydrogens is 303 g/mol. The second-order valence-electron chi connectivity index (χ2n) is 3.95. The molecule has 0 rings (SSSR count). The number of hydrogen-bond acceptors (Lipinski definition) is 2. The SMILES string of the molecule is CN=C(NCCCN(C)C)NC(C)C.I. The molecule has 0 spiro atoms. The first-order valence-electron chi connectivity index (χ1n) is 5.18. The molecule has 0 aromatic carbocycles. The summed E-state index contributed by atoms with van der Waals surface area (Å²) < 4.78 is 0. The summed E-state index contributed by atoms with van der Waals surface area (Å²) in [5.74, 6) is 0.888. The zero-order valence-electron chi connectivity index (χ0n) is 10.5. The molecular formula is C10H25IN4. The monoisotopic (exact) mass is 328 g/mol. The minimum atomic E-state index is 0. The summed E-state index contributed by atoms with van der Waals surface area (Å²) in [6.07, 6.45) is 1.13. The quantitative estimate of drug-likeness (QED) is 0.344. The number of nitrogens with zero attached hydrogens (tertiary/aromatic N) is 2. The Labute approximate surface area is 111 Å². The fourth-order valence-corrected chi connectivity index (χ4v) is 1.07. The number of hydrogen-bond donors (Lipinski definition) is 2. The van der Waals surface area contributed by atoms with Gasteiger partial charge in [0.25, 0.3) is 0 Å². The van der Waals surface area contributed by atoms with Crippen molar-refractivity contribution in [3.63, 3.8) is 0 Å². The summed E-state index contributed by atoms with van der Waals surface area (Å²) in [7, 11) is 5.96. The first-order chi connectivity index (χ1) is 6.56. The van der Waals surface area contributed by atoms with Crippen LogP contribution in [0.1, 0.15) is 20.3 Å². The molecule has 92 valence electrons. The first kappa shape index (κ1) is 17.4. The maximum absolute atomic E-state index is 4.13. The van der Waals surface area contributed by atoms with Crippen molar-refractivity contribution in [1.82, 2.24) is 15.5 Å². The molecule has 0 fully saturated rings. The highest BCUT2D eigenvalue weighted by Gasteiger charge is 1.98. The van der Waals surface area contributed by atoms with Gasteiger partial charge in [-0.2, -0.15) is 0 Å². The Morgan fingerprint density at radius 1 is 1.33 bits per heavy atom. The molecule has 0 bridgehead atoms. The minimum absolute atomic E-state index is 0. The summed E-state index contributed by atoms with van der Waals surface area (Å²) in [4.78, 5) is 6.31. The van der Waals surface area contributed by atoms with E-state index in [9.17, 15) is 0 Å². The minimum Gasteiger partial charge on any atom is -0.356 e. The Morgan fingerprint density at radius 2 is 1.93 bits per heavy atom.